The van der Waals surface area contributed by atoms with E-state index >= 15 is 0 Å². The molecule has 3 rings (SSSR count). The summed E-state index contributed by atoms with van der Waals surface area (Å²) in [5.74, 6) is -0.242. The molecule has 0 fully saturated rings. The molecule has 2 aromatic rings. The molecule has 122 valence electrons. The topological polar surface area (TPSA) is 74.3 Å². The highest BCUT2D eigenvalue weighted by atomic mass is 16.2. The minimum atomic E-state index is -0.242. The Morgan fingerprint density at radius 3 is 2.25 bits per heavy atom. The molecule has 0 atom stereocenters. The Morgan fingerprint density at radius 2 is 1.67 bits per heavy atom. The summed E-state index contributed by atoms with van der Waals surface area (Å²) in [5, 5.41) is 5.66. The van der Waals surface area contributed by atoms with Crippen molar-refractivity contribution in [2.24, 2.45) is 10.1 Å². The van der Waals surface area contributed by atoms with Crippen LogP contribution in [0.25, 0.3) is 0 Å². The molecule has 1 aliphatic heterocycles. The van der Waals surface area contributed by atoms with E-state index in [0.29, 0.717) is 22.8 Å². The molecule has 1 heterocycles. The van der Waals surface area contributed by atoms with Crippen LogP contribution in [-0.2, 0) is 4.79 Å². The second kappa shape index (κ2) is 6.16. The van der Waals surface area contributed by atoms with Gasteiger partial charge in [-0.15, -0.1) is 0 Å². The van der Waals surface area contributed by atoms with Gasteiger partial charge in [-0.2, -0.15) is 10.1 Å². The first-order valence-electron chi connectivity index (χ1n) is 7.57. The van der Waals surface area contributed by atoms with Crippen LogP contribution in [0.5, 0.6) is 0 Å². The van der Waals surface area contributed by atoms with Crippen molar-refractivity contribution in [3.05, 3.63) is 48.5 Å². The summed E-state index contributed by atoms with van der Waals surface area (Å²) in [6, 6.07) is 14.7. The van der Waals surface area contributed by atoms with Gasteiger partial charge in [0, 0.05) is 25.5 Å². The lowest BCUT2D eigenvalue weighted by molar-refractivity contribution is -0.112. The second-order valence-corrected chi connectivity index (χ2v) is 5.77. The van der Waals surface area contributed by atoms with Crippen molar-refractivity contribution in [3.63, 3.8) is 0 Å². The summed E-state index contributed by atoms with van der Waals surface area (Å²) in [7, 11) is 3.95. The van der Waals surface area contributed by atoms with Gasteiger partial charge in [0.1, 0.15) is 0 Å². The summed E-state index contributed by atoms with van der Waals surface area (Å²) >= 11 is 0. The van der Waals surface area contributed by atoms with Gasteiger partial charge in [-0.25, -0.2) is 4.99 Å². The van der Waals surface area contributed by atoms with Gasteiger partial charge in [-0.3, -0.25) is 4.79 Å². The van der Waals surface area contributed by atoms with Crippen molar-refractivity contribution >= 4 is 40.1 Å². The number of rotatable bonds is 3. The molecule has 2 aromatic carbocycles. The maximum absolute atomic E-state index is 12.6. The van der Waals surface area contributed by atoms with E-state index in [4.69, 9.17) is 5.73 Å². The van der Waals surface area contributed by atoms with Crippen molar-refractivity contribution < 1.29 is 4.79 Å². The van der Waals surface area contributed by atoms with Crippen LogP contribution >= 0.6 is 0 Å². The first-order valence-corrected chi connectivity index (χ1v) is 7.57. The Labute approximate surface area is 140 Å². The zero-order chi connectivity index (χ0) is 17.3. The number of nitrogens with zero attached hydrogens (tertiary/aromatic N) is 4. The lowest BCUT2D eigenvalue weighted by Crippen LogP contribution is -2.27. The molecule has 0 bridgehead atoms. The zero-order valence-corrected chi connectivity index (χ0v) is 13.9. The average Bonchev–Trinajstić information content (AvgIpc) is 2.84. The zero-order valence-electron chi connectivity index (χ0n) is 13.9. The Kier molecular flexibility index (Phi) is 4.04. The molecule has 6 heteroatoms. The van der Waals surface area contributed by atoms with Crippen LogP contribution in [0.1, 0.15) is 6.92 Å². The Bertz CT molecular complexity index is 819. The number of nitrogen functional groups attached to an aromatic ring is 1. The number of nitrogens with two attached hydrogens (primary N) is 1. The SMILES string of the molecule is CC1=NN(c2ccc(N)cc2)C(=O)C1=Nc1ccc(N(C)C)cc1. The number of aliphatic imine (C=N–C) groups is 1. The molecule has 1 amide bonds. The van der Waals surface area contributed by atoms with Gasteiger partial charge in [0.2, 0.25) is 0 Å². The van der Waals surface area contributed by atoms with Crippen molar-refractivity contribution in [1.29, 1.82) is 0 Å². The molecular formula is C18H19N5O. The van der Waals surface area contributed by atoms with Gasteiger partial charge in [-0.1, -0.05) is 0 Å². The van der Waals surface area contributed by atoms with Crippen molar-refractivity contribution in [1.82, 2.24) is 0 Å². The number of carbonyl (C=O) groups is 1. The van der Waals surface area contributed by atoms with Crippen LogP contribution < -0.4 is 15.6 Å². The molecule has 0 unspecified atom stereocenters. The summed E-state index contributed by atoms with van der Waals surface area (Å²) in [6.07, 6.45) is 0. The number of benzene rings is 2. The van der Waals surface area contributed by atoms with Crippen LogP contribution in [0.4, 0.5) is 22.7 Å². The highest BCUT2D eigenvalue weighted by molar-refractivity contribution is 6.71. The fourth-order valence-corrected chi connectivity index (χ4v) is 2.37. The molecule has 0 saturated heterocycles. The fourth-order valence-electron chi connectivity index (χ4n) is 2.37. The summed E-state index contributed by atoms with van der Waals surface area (Å²) in [6.45, 7) is 1.78. The normalized spacial score (nSPS) is 15.8. The third kappa shape index (κ3) is 2.99. The summed E-state index contributed by atoms with van der Waals surface area (Å²) in [5.41, 5.74) is 9.73. The second-order valence-electron chi connectivity index (χ2n) is 5.77. The Balaban J connectivity index is 1.88. The smallest absolute Gasteiger partial charge is 0.299 e. The van der Waals surface area contributed by atoms with E-state index in [0.717, 1.165) is 11.4 Å². The van der Waals surface area contributed by atoms with Crippen LogP contribution in [0, 0.1) is 0 Å². The first-order chi connectivity index (χ1) is 11.5. The number of hydrazone groups is 1. The maximum Gasteiger partial charge on any atom is 0.299 e. The van der Waals surface area contributed by atoms with E-state index in [2.05, 4.69) is 10.1 Å². The maximum atomic E-state index is 12.6. The van der Waals surface area contributed by atoms with E-state index in [1.54, 1.807) is 31.2 Å². The molecule has 2 N–H and O–H groups in total. The monoisotopic (exact) mass is 321 g/mol. The van der Waals surface area contributed by atoms with E-state index in [9.17, 15) is 4.79 Å². The molecule has 24 heavy (non-hydrogen) atoms. The average molecular weight is 321 g/mol. The van der Waals surface area contributed by atoms with E-state index in [-0.39, 0.29) is 5.91 Å². The molecule has 1 aliphatic rings. The Morgan fingerprint density at radius 1 is 1.04 bits per heavy atom. The molecule has 0 saturated carbocycles. The Hall–Kier alpha value is -3.15. The van der Waals surface area contributed by atoms with Crippen LogP contribution in [0.15, 0.2) is 58.6 Å². The summed E-state index contributed by atoms with van der Waals surface area (Å²) in [4.78, 5) is 19.1. The lowest BCUT2D eigenvalue weighted by Gasteiger charge is -2.12. The predicted octanol–water partition coefficient (Wildman–Crippen LogP) is 2.83. The third-order valence-electron chi connectivity index (χ3n) is 3.73. The van der Waals surface area contributed by atoms with Gasteiger partial charge < -0.3 is 10.6 Å². The van der Waals surface area contributed by atoms with E-state index < -0.39 is 0 Å². The summed E-state index contributed by atoms with van der Waals surface area (Å²) < 4.78 is 0. The highest BCUT2D eigenvalue weighted by Crippen LogP contribution is 2.23. The molecular weight excluding hydrogens is 302 g/mol. The first kappa shape index (κ1) is 15.7. The lowest BCUT2D eigenvalue weighted by atomic mass is 10.2. The van der Waals surface area contributed by atoms with Gasteiger partial charge in [-0.05, 0) is 55.5 Å². The molecule has 0 aliphatic carbocycles. The number of hydrogen-bond donors (Lipinski definition) is 1. The van der Waals surface area contributed by atoms with Crippen LogP contribution in [0.3, 0.4) is 0 Å². The van der Waals surface area contributed by atoms with Gasteiger partial charge in [0.25, 0.3) is 5.91 Å². The van der Waals surface area contributed by atoms with E-state index in [1.165, 1.54) is 5.01 Å². The van der Waals surface area contributed by atoms with Crippen molar-refractivity contribution in [3.8, 4) is 0 Å². The van der Waals surface area contributed by atoms with Crippen LogP contribution in [-0.4, -0.2) is 31.4 Å². The van der Waals surface area contributed by atoms with E-state index in [1.807, 2.05) is 43.3 Å². The van der Waals surface area contributed by atoms with Crippen molar-refractivity contribution in [2.75, 3.05) is 29.7 Å². The number of anilines is 3. The van der Waals surface area contributed by atoms with Gasteiger partial charge in [0.05, 0.1) is 17.1 Å². The van der Waals surface area contributed by atoms with Crippen LogP contribution in [0.2, 0.25) is 0 Å². The minimum absolute atomic E-state index is 0.242. The standard InChI is InChI=1S/C18H19N5O/c1-12-17(20-14-6-10-15(11-7-14)22(2)3)18(24)23(21-12)16-8-4-13(19)5-9-16/h4-11H,19H2,1-3H3. The molecule has 0 radical (unpaired) electrons. The highest BCUT2D eigenvalue weighted by Gasteiger charge is 2.30. The van der Waals surface area contributed by atoms with Gasteiger partial charge in [0.15, 0.2) is 5.71 Å². The quantitative estimate of drug-likeness (QED) is 0.883. The predicted molar refractivity (Wildman–Crippen MR) is 99.3 cm³/mol. The van der Waals surface area contributed by atoms with Crippen molar-refractivity contribution in [2.45, 2.75) is 6.92 Å². The minimum Gasteiger partial charge on any atom is -0.399 e. The number of hydrogen-bond acceptors (Lipinski definition) is 5. The largest absolute Gasteiger partial charge is 0.399 e. The fraction of sp³-hybridized carbons (Fsp3) is 0.167. The molecule has 0 aromatic heterocycles. The molecule has 6 nitrogen and oxygen atoms in total. The van der Waals surface area contributed by atoms with Gasteiger partial charge >= 0.3 is 0 Å². The third-order valence-corrected chi connectivity index (χ3v) is 3.73. The number of amides is 1. The molecule has 0 spiro atoms. The number of carbonyl (C=O) groups excluding carboxylic acids is 1.